The molecule has 0 spiro atoms. The fourth-order valence-corrected chi connectivity index (χ4v) is 2.13. The van der Waals surface area contributed by atoms with E-state index in [9.17, 15) is 4.79 Å². The first-order valence-corrected chi connectivity index (χ1v) is 6.61. The lowest BCUT2D eigenvalue weighted by Gasteiger charge is -2.14. The Labute approximate surface area is 118 Å². The molecule has 2 rings (SSSR count). The summed E-state index contributed by atoms with van der Waals surface area (Å²) in [5.41, 5.74) is 2.02. The Bertz CT molecular complexity index is 554. The van der Waals surface area contributed by atoms with Crippen molar-refractivity contribution < 1.29 is 4.79 Å². The lowest BCUT2D eigenvalue weighted by atomic mass is 10.1. The van der Waals surface area contributed by atoms with Crippen LogP contribution in [0.2, 0.25) is 5.02 Å². The van der Waals surface area contributed by atoms with Gasteiger partial charge >= 0.3 is 0 Å². The number of hydrogen-bond donors (Lipinski definition) is 1. The van der Waals surface area contributed by atoms with Gasteiger partial charge in [-0.3, -0.25) is 4.79 Å². The van der Waals surface area contributed by atoms with Gasteiger partial charge in [0.25, 0.3) is 0 Å². The highest BCUT2D eigenvalue weighted by atomic mass is 35.5. The van der Waals surface area contributed by atoms with Crippen molar-refractivity contribution >= 4 is 17.5 Å². The standard InChI is InChI=1S/C16H16ClNO/c1-12(14-8-5-9-15(17)11-14)18-16(19)10-13-6-3-2-4-7-13/h2-9,11-12H,10H2,1H3,(H,18,19)/t12-/m0/s1. The summed E-state index contributed by atoms with van der Waals surface area (Å²) >= 11 is 5.94. The van der Waals surface area contributed by atoms with Crippen LogP contribution >= 0.6 is 11.6 Å². The number of hydrogen-bond acceptors (Lipinski definition) is 1. The number of amides is 1. The molecule has 1 N–H and O–H groups in total. The number of rotatable bonds is 4. The normalized spacial score (nSPS) is 11.9. The third-order valence-corrected chi connectivity index (χ3v) is 3.17. The van der Waals surface area contributed by atoms with E-state index >= 15 is 0 Å². The molecule has 0 aliphatic carbocycles. The predicted molar refractivity (Wildman–Crippen MR) is 78.2 cm³/mol. The molecule has 3 heteroatoms. The lowest BCUT2D eigenvalue weighted by molar-refractivity contribution is -0.121. The summed E-state index contributed by atoms with van der Waals surface area (Å²) in [6.45, 7) is 1.95. The summed E-state index contributed by atoms with van der Waals surface area (Å²) in [5.74, 6) is 0.0127. The predicted octanol–water partition coefficient (Wildman–Crippen LogP) is 3.76. The molecule has 1 amide bonds. The minimum Gasteiger partial charge on any atom is -0.349 e. The van der Waals surface area contributed by atoms with Crippen LogP contribution in [0.15, 0.2) is 54.6 Å². The van der Waals surface area contributed by atoms with Gasteiger partial charge in [-0.15, -0.1) is 0 Å². The highest BCUT2D eigenvalue weighted by Crippen LogP contribution is 2.17. The fraction of sp³-hybridized carbons (Fsp3) is 0.188. The van der Waals surface area contributed by atoms with E-state index in [2.05, 4.69) is 5.32 Å². The third-order valence-electron chi connectivity index (χ3n) is 2.93. The van der Waals surface area contributed by atoms with Crippen molar-refractivity contribution in [2.24, 2.45) is 0 Å². The molecule has 2 aromatic carbocycles. The Balaban J connectivity index is 1.95. The van der Waals surface area contributed by atoms with Gasteiger partial charge in [-0.2, -0.15) is 0 Å². The maximum atomic E-state index is 11.9. The van der Waals surface area contributed by atoms with Gasteiger partial charge in [-0.25, -0.2) is 0 Å². The van der Waals surface area contributed by atoms with Crippen LogP contribution in [0.1, 0.15) is 24.1 Å². The molecule has 98 valence electrons. The topological polar surface area (TPSA) is 29.1 Å². The molecule has 0 heterocycles. The third kappa shape index (κ3) is 4.11. The summed E-state index contributed by atoms with van der Waals surface area (Å²) in [6.07, 6.45) is 0.395. The Hall–Kier alpha value is -1.80. The zero-order valence-electron chi connectivity index (χ0n) is 10.8. The number of nitrogens with one attached hydrogen (secondary N) is 1. The largest absolute Gasteiger partial charge is 0.349 e. The van der Waals surface area contributed by atoms with E-state index in [4.69, 9.17) is 11.6 Å². The Kier molecular flexibility index (Phi) is 4.58. The first-order chi connectivity index (χ1) is 9.15. The summed E-state index contributed by atoms with van der Waals surface area (Å²) in [4.78, 5) is 11.9. The number of carbonyl (C=O) groups is 1. The second-order valence-electron chi connectivity index (χ2n) is 4.51. The average Bonchev–Trinajstić information content (AvgIpc) is 2.39. The van der Waals surface area contributed by atoms with Crippen LogP contribution in [0.5, 0.6) is 0 Å². The number of benzene rings is 2. The van der Waals surface area contributed by atoms with Crippen molar-refractivity contribution in [2.75, 3.05) is 0 Å². The zero-order chi connectivity index (χ0) is 13.7. The van der Waals surface area contributed by atoms with Crippen LogP contribution in [-0.4, -0.2) is 5.91 Å². The molecular weight excluding hydrogens is 258 g/mol. The molecule has 1 atom stereocenters. The van der Waals surface area contributed by atoms with Crippen LogP contribution in [0.4, 0.5) is 0 Å². The van der Waals surface area contributed by atoms with Crippen LogP contribution in [0, 0.1) is 0 Å². The van der Waals surface area contributed by atoms with Crippen LogP contribution in [0.25, 0.3) is 0 Å². The van der Waals surface area contributed by atoms with Gasteiger partial charge in [0.1, 0.15) is 0 Å². The van der Waals surface area contributed by atoms with Crippen molar-refractivity contribution in [1.82, 2.24) is 5.32 Å². The van der Waals surface area contributed by atoms with Gasteiger partial charge in [-0.1, -0.05) is 54.1 Å². The van der Waals surface area contributed by atoms with E-state index in [0.29, 0.717) is 11.4 Å². The zero-order valence-corrected chi connectivity index (χ0v) is 11.5. The SMILES string of the molecule is C[C@H](NC(=O)Cc1ccccc1)c1cccc(Cl)c1. The van der Waals surface area contributed by atoms with Gasteiger partial charge in [0.05, 0.1) is 12.5 Å². The maximum absolute atomic E-state index is 11.9. The van der Waals surface area contributed by atoms with E-state index in [-0.39, 0.29) is 11.9 Å². The van der Waals surface area contributed by atoms with E-state index < -0.39 is 0 Å². The monoisotopic (exact) mass is 273 g/mol. The van der Waals surface area contributed by atoms with Crippen molar-refractivity contribution in [3.63, 3.8) is 0 Å². The summed E-state index contributed by atoms with van der Waals surface area (Å²) < 4.78 is 0. The highest BCUT2D eigenvalue weighted by Gasteiger charge is 2.10. The maximum Gasteiger partial charge on any atom is 0.224 e. The van der Waals surface area contributed by atoms with Gasteiger partial charge in [0, 0.05) is 5.02 Å². The van der Waals surface area contributed by atoms with Crippen LogP contribution in [0.3, 0.4) is 0 Å². The molecule has 0 saturated carbocycles. The Morgan fingerprint density at radius 2 is 1.89 bits per heavy atom. The fourth-order valence-electron chi connectivity index (χ4n) is 1.93. The van der Waals surface area contributed by atoms with Gasteiger partial charge in [-0.05, 0) is 30.2 Å². The first kappa shape index (κ1) is 13.6. The molecule has 0 unspecified atom stereocenters. The second-order valence-corrected chi connectivity index (χ2v) is 4.94. The molecule has 2 aromatic rings. The lowest BCUT2D eigenvalue weighted by Crippen LogP contribution is -2.28. The molecule has 0 aliphatic heterocycles. The summed E-state index contributed by atoms with van der Waals surface area (Å²) in [7, 11) is 0. The molecule has 0 bridgehead atoms. The van der Waals surface area contributed by atoms with Crippen molar-refractivity contribution in [1.29, 1.82) is 0 Å². The Morgan fingerprint density at radius 3 is 2.58 bits per heavy atom. The second kappa shape index (κ2) is 6.39. The van der Waals surface area contributed by atoms with Gasteiger partial charge < -0.3 is 5.32 Å². The van der Waals surface area contributed by atoms with Crippen LogP contribution in [-0.2, 0) is 11.2 Å². The minimum atomic E-state index is -0.0464. The molecule has 0 aromatic heterocycles. The van der Waals surface area contributed by atoms with Crippen molar-refractivity contribution in [3.8, 4) is 0 Å². The van der Waals surface area contributed by atoms with E-state index in [1.807, 2.05) is 61.5 Å². The molecule has 0 fully saturated rings. The number of halogens is 1. The Morgan fingerprint density at radius 1 is 1.16 bits per heavy atom. The van der Waals surface area contributed by atoms with E-state index in [1.54, 1.807) is 0 Å². The average molecular weight is 274 g/mol. The number of carbonyl (C=O) groups excluding carboxylic acids is 1. The van der Waals surface area contributed by atoms with Gasteiger partial charge in [0.2, 0.25) is 5.91 Å². The smallest absolute Gasteiger partial charge is 0.224 e. The summed E-state index contributed by atoms with van der Waals surface area (Å²) in [5, 5.41) is 3.66. The van der Waals surface area contributed by atoms with Crippen LogP contribution < -0.4 is 5.32 Å². The van der Waals surface area contributed by atoms with Crippen molar-refractivity contribution in [3.05, 3.63) is 70.7 Å². The van der Waals surface area contributed by atoms with Gasteiger partial charge in [0.15, 0.2) is 0 Å². The highest BCUT2D eigenvalue weighted by molar-refractivity contribution is 6.30. The first-order valence-electron chi connectivity index (χ1n) is 6.24. The molecule has 19 heavy (non-hydrogen) atoms. The van der Waals surface area contributed by atoms with E-state index in [1.165, 1.54) is 0 Å². The molecule has 0 radical (unpaired) electrons. The summed E-state index contributed by atoms with van der Waals surface area (Å²) in [6, 6.07) is 17.2. The quantitative estimate of drug-likeness (QED) is 0.903. The molecular formula is C16H16ClNO. The molecule has 2 nitrogen and oxygen atoms in total. The van der Waals surface area contributed by atoms with E-state index in [0.717, 1.165) is 11.1 Å². The minimum absolute atomic E-state index is 0.0127. The van der Waals surface area contributed by atoms with Crippen molar-refractivity contribution in [2.45, 2.75) is 19.4 Å². The molecule has 0 saturated heterocycles. The molecule has 0 aliphatic rings.